The number of imidazole rings is 1. The van der Waals surface area contributed by atoms with Crippen LogP contribution in [0.3, 0.4) is 0 Å². The fourth-order valence-electron chi connectivity index (χ4n) is 3.39. The smallest absolute Gasteiger partial charge is 0.111 e. The van der Waals surface area contributed by atoms with Crippen molar-refractivity contribution >= 4 is 45.8 Å². The summed E-state index contributed by atoms with van der Waals surface area (Å²) in [4.78, 5) is 4.71. The molecule has 5 heteroatoms. The maximum absolute atomic E-state index is 6.20. The van der Waals surface area contributed by atoms with Gasteiger partial charge in [-0.1, -0.05) is 43.0 Å². The molecule has 1 heterocycles. The van der Waals surface area contributed by atoms with Gasteiger partial charge in [-0.3, -0.25) is 0 Å². The van der Waals surface area contributed by atoms with E-state index < -0.39 is 0 Å². The first kappa shape index (κ1) is 15.5. The first-order valence-electron chi connectivity index (χ1n) is 7.42. The normalized spacial score (nSPS) is 17.7. The molecule has 1 aromatic heterocycles. The molecule has 21 heavy (non-hydrogen) atoms. The maximum atomic E-state index is 6.20. The number of hydrogen-bond donors (Lipinski definition) is 0. The molecule has 1 saturated carbocycles. The van der Waals surface area contributed by atoms with Crippen molar-refractivity contribution in [2.75, 3.05) is 5.88 Å². The largest absolute Gasteiger partial charge is 0.327 e. The highest BCUT2D eigenvalue weighted by Crippen LogP contribution is 2.40. The Morgan fingerprint density at radius 2 is 1.86 bits per heavy atom. The zero-order valence-corrected chi connectivity index (χ0v) is 14.4. The topological polar surface area (TPSA) is 17.8 Å². The summed E-state index contributed by atoms with van der Waals surface area (Å²) in [6, 6.07) is 3.78. The summed E-state index contributed by atoms with van der Waals surface area (Å²) in [6.45, 7) is 3.35. The molecular formula is C16H19Cl3N2. The molecule has 0 unspecified atom stereocenters. The van der Waals surface area contributed by atoms with Crippen molar-refractivity contribution in [3.05, 3.63) is 28.0 Å². The molecule has 0 aliphatic heterocycles. The highest BCUT2D eigenvalue weighted by Gasteiger charge is 2.30. The average Bonchev–Trinajstić information content (AvgIpc) is 2.98. The van der Waals surface area contributed by atoms with Crippen LogP contribution in [0, 0.1) is 5.41 Å². The van der Waals surface area contributed by atoms with Gasteiger partial charge in [0.1, 0.15) is 5.82 Å². The molecule has 1 aliphatic carbocycles. The SMILES string of the molecule is CC1(Cn2c(CCCl)nc3cc(Cl)c(Cl)cc32)CCCC1. The molecule has 0 N–H and O–H groups in total. The molecule has 114 valence electrons. The number of aryl methyl sites for hydroxylation is 1. The van der Waals surface area contributed by atoms with E-state index in [0.717, 1.165) is 29.8 Å². The lowest BCUT2D eigenvalue weighted by molar-refractivity contribution is 0.282. The van der Waals surface area contributed by atoms with E-state index in [-0.39, 0.29) is 0 Å². The van der Waals surface area contributed by atoms with Crippen LogP contribution in [0.2, 0.25) is 10.0 Å². The Morgan fingerprint density at radius 1 is 1.19 bits per heavy atom. The van der Waals surface area contributed by atoms with Crippen molar-refractivity contribution < 1.29 is 0 Å². The summed E-state index contributed by atoms with van der Waals surface area (Å²) in [7, 11) is 0. The standard InChI is InChI=1S/C16H19Cl3N2/c1-16(5-2-3-6-16)10-21-14-9-12(19)11(18)8-13(14)20-15(21)4-7-17/h8-9H,2-7,10H2,1H3. The van der Waals surface area contributed by atoms with Gasteiger partial charge in [0.15, 0.2) is 0 Å². The van der Waals surface area contributed by atoms with E-state index in [4.69, 9.17) is 39.8 Å². The van der Waals surface area contributed by atoms with Gasteiger partial charge < -0.3 is 4.57 Å². The summed E-state index contributed by atoms with van der Waals surface area (Å²) in [5.74, 6) is 1.60. The predicted octanol–water partition coefficient (Wildman–Crippen LogP) is 5.70. The monoisotopic (exact) mass is 344 g/mol. The van der Waals surface area contributed by atoms with Crippen LogP contribution < -0.4 is 0 Å². The number of hydrogen-bond acceptors (Lipinski definition) is 1. The molecule has 2 aromatic rings. The second-order valence-corrected chi connectivity index (χ2v) is 7.52. The molecular weight excluding hydrogens is 327 g/mol. The summed E-state index contributed by atoms with van der Waals surface area (Å²) >= 11 is 18.3. The fourth-order valence-corrected chi connectivity index (χ4v) is 3.88. The van der Waals surface area contributed by atoms with Gasteiger partial charge in [-0.25, -0.2) is 4.98 Å². The van der Waals surface area contributed by atoms with E-state index in [1.807, 2.05) is 12.1 Å². The number of benzene rings is 1. The number of aromatic nitrogens is 2. The molecule has 1 fully saturated rings. The van der Waals surface area contributed by atoms with Gasteiger partial charge in [-0.15, -0.1) is 11.6 Å². The molecule has 1 aliphatic rings. The van der Waals surface area contributed by atoms with E-state index in [0.29, 0.717) is 21.3 Å². The van der Waals surface area contributed by atoms with Crippen LogP contribution in [-0.2, 0) is 13.0 Å². The van der Waals surface area contributed by atoms with Crippen molar-refractivity contribution in [2.24, 2.45) is 5.41 Å². The van der Waals surface area contributed by atoms with Gasteiger partial charge in [-0.2, -0.15) is 0 Å². The Balaban J connectivity index is 2.08. The highest BCUT2D eigenvalue weighted by atomic mass is 35.5. The third-order valence-electron chi connectivity index (χ3n) is 4.54. The molecule has 0 amide bonds. The van der Waals surface area contributed by atoms with E-state index in [9.17, 15) is 0 Å². The number of nitrogens with zero attached hydrogens (tertiary/aromatic N) is 2. The third kappa shape index (κ3) is 3.04. The van der Waals surface area contributed by atoms with Crippen LogP contribution in [0.1, 0.15) is 38.4 Å². The van der Waals surface area contributed by atoms with Gasteiger partial charge in [-0.05, 0) is 30.4 Å². The minimum Gasteiger partial charge on any atom is -0.327 e. The number of fused-ring (bicyclic) bond motifs is 1. The van der Waals surface area contributed by atoms with Gasteiger partial charge >= 0.3 is 0 Å². The van der Waals surface area contributed by atoms with E-state index in [1.54, 1.807) is 0 Å². The first-order chi connectivity index (χ1) is 10.0. The lowest BCUT2D eigenvalue weighted by atomic mass is 9.88. The Kier molecular flexibility index (Phi) is 4.40. The minimum atomic E-state index is 0.348. The van der Waals surface area contributed by atoms with Crippen molar-refractivity contribution in [1.29, 1.82) is 0 Å². The van der Waals surface area contributed by atoms with Crippen LogP contribution in [0.15, 0.2) is 12.1 Å². The number of rotatable bonds is 4. The Hall–Kier alpha value is -0.440. The average molecular weight is 346 g/mol. The molecule has 0 radical (unpaired) electrons. The zero-order chi connectivity index (χ0) is 15.0. The molecule has 1 aromatic carbocycles. The molecule has 0 atom stereocenters. The predicted molar refractivity (Wildman–Crippen MR) is 90.8 cm³/mol. The highest BCUT2D eigenvalue weighted by molar-refractivity contribution is 6.42. The van der Waals surface area contributed by atoms with E-state index in [1.165, 1.54) is 25.7 Å². The van der Waals surface area contributed by atoms with E-state index in [2.05, 4.69) is 11.5 Å². The summed E-state index contributed by atoms with van der Waals surface area (Å²) in [5.41, 5.74) is 2.32. The molecule has 0 spiro atoms. The van der Waals surface area contributed by atoms with Crippen molar-refractivity contribution in [1.82, 2.24) is 9.55 Å². The first-order valence-corrected chi connectivity index (χ1v) is 8.72. The lowest BCUT2D eigenvalue weighted by Crippen LogP contribution is -2.21. The van der Waals surface area contributed by atoms with Crippen LogP contribution in [0.4, 0.5) is 0 Å². The van der Waals surface area contributed by atoms with Crippen molar-refractivity contribution in [3.63, 3.8) is 0 Å². The molecule has 0 bridgehead atoms. The maximum Gasteiger partial charge on any atom is 0.111 e. The van der Waals surface area contributed by atoms with Gasteiger partial charge in [0.05, 0.1) is 21.1 Å². The Bertz CT molecular complexity index is 657. The second-order valence-electron chi connectivity index (χ2n) is 6.33. The molecule has 2 nitrogen and oxygen atoms in total. The zero-order valence-electron chi connectivity index (χ0n) is 12.1. The fraction of sp³-hybridized carbons (Fsp3) is 0.562. The number of alkyl halides is 1. The Morgan fingerprint density at radius 3 is 2.52 bits per heavy atom. The molecule has 3 rings (SSSR count). The summed E-state index contributed by atoms with van der Waals surface area (Å²) < 4.78 is 2.30. The quantitative estimate of drug-likeness (QED) is 0.649. The van der Waals surface area contributed by atoms with Crippen molar-refractivity contribution in [2.45, 2.75) is 45.6 Å². The lowest BCUT2D eigenvalue weighted by Gasteiger charge is -2.25. The minimum absolute atomic E-state index is 0.348. The van der Waals surface area contributed by atoms with Crippen LogP contribution in [0.25, 0.3) is 11.0 Å². The summed E-state index contributed by atoms with van der Waals surface area (Å²) in [6.07, 6.45) is 5.95. The Labute approximate surface area is 140 Å². The van der Waals surface area contributed by atoms with Crippen LogP contribution in [0.5, 0.6) is 0 Å². The second kappa shape index (κ2) is 5.98. The molecule has 0 saturated heterocycles. The third-order valence-corrected chi connectivity index (χ3v) is 5.45. The number of halogens is 3. The summed E-state index contributed by atoms with van der Waals surface area (Å²) in [5, 5.41) is 1.14. The van der Waals surface area contributed by atoms with Crippen molar-refractivity contribution in [3.8, 4) is 0 Å². The van der Waals surface area contributed by atoms with E-state index >= 15 is 0 Å². The van der Waals surface area contributed by atoms with Gasteiger partial charge in [0.2, 0.25) is 0 Å². The van der Waals surface area contributed by atoms with Gasteiger partial charge in [0, 0.05) is 18.8 Å². The van der Waals surface area contributed by atoms with Crippen LogP contribution >= 0.6 is 34.8 Å². The van der Waals surface area contributed by atoms with Gasteiger partial charge in [0.25, 0.3) is 0 Å². The van der Waals surface area contributed by atoms with Crippen LogP contribution in [-0.4, -0.2) is 15.4 Å².